The minimum atomic E-state index is -3.33. The van der Waals surface area contributed by atoms with E-state index in [9.17, 15) is 8.42 Å². The van der Waals surface area contributed by atoms with Crippen LogP contribution in [-0.2, 0) is 10.2 Å². The van der Waals surface area contributed by atoms with E-state index in [0.717, 1.165) is 32.2 Å². The van der Waals surface area contributed by atoms with Crippen molar-refractivity contribution >= 4 is 10.2 Å². The van der Waals surface area contributed by atoms with Crippen molar-refractivity contribution in [2.24, 2.45) is 0 Å². The number of nitrogens with zero attached hydrogens (tertiary/aromatic N) is 1. The monoisotopic (exact) mass is 277 g/mol. The van der Waals surface area contributed by atoms with Gasteiger partial charge in [0.2, 0.25) is 0 Å². The maximum atomic E-state index is 12.0. The normalized spacial score (nSPS) is 25.9. The Morgan fingerprint density at radius 1 is 1.17 bits per heavy atom. The summed E-state index contributed by atoms with van der Waals surface area (Å²) in [4.78, 5) is 0. The first kappa shape index (κ1) is 15.9. The van der Waals surface area contributed by atoms with Gasteiger partial charge in [0, 0.05) is 25.2 Å². The molecule has 0 heterocycles. The Bertz CT molecular complexity index is 335. The topological polar surface area (TPSA) is 61.4 Å². The highest BCUT2D eigenvalue weighted by Gasteiger charge is 2.27. The maximum absolute atomic E-state index is 12.0. The molecule has 1 rings (SSSR count). The molecule has 0 aromatic rings. The highest BCUT2D eigenvalue weighted by molar-refractivity contribution is 7.87. The van der Waals surface area contributed by atoms with E-state index in [1.807, 2.05) is 13.8 Å². The first-order valence-corrected chi connectivity index (χ1v) is 8.29. The predicted molar refractivity (Wildman–Crippen MR) is 74.7 cm³/mol. The number of nitrogens with one attached hydrogen (secondary N) is 2. The Hall–Kier alpha value is -0.170. The van der Waals surface area contributed by atoms with Crippen molar-refractivity contribution in [1.82, 2.24) is 14.3 Å². The molecule has 1 aliphatic rings. The third-order valence-corrected chi connectivity index (χ3v) is 5.45. The fourth-order valence-corrected chi connectivity index (χ4v) is 3.65. The van der Waals surface area contributed by atoms with Gasteiger partial charge in [0.05, 0.1) is 0 Å². The standard InChI is InChI=1S/C12H27N3O2S/c1-5-13-11-6-8-12(9-7-11)14-18(16,17)15(4)10(2)3/h10-14H,5-9H2,1-4H3. The van der Waals surface area contributed by atoms with Crippen LogP contribution in [-0.4, -0.2) is 44.4 Å². The molecular weight excluding hydrogens is 250 g/mol. The molecule has 0 amide bonds. The summed E-state index contributed by atoms with van der Waals surface area (Å²) in [5.74, 6) is 0. The molecule has 0 spiro atoms. The first-order chi connectivity index (χ1) is 8.36. The van der Waals surface area contributed by atoms with E-state index in [1.165, 1.54) is 4.31 Å². The van der Waals surface area contributed by atoms with Gasteiger partial charge in [0.1, 0.15) is 0 Å². The molecule has 0 saturated heterocycles. The van der Waals surface area contributed by atoms with E-state index in [1.54, 1.807) is 7.05 Å². The van der Waals surface area contributed by atoms with Crippen LogP contribution >= 0.6 is 0 Å². The van der Waals surface area contributed by atoms with Gasteiger partial charge in [0.25, 0.3) is 10.2 Å². The molecule has 1 aliphatic carbocycles. The van der Waals surface area contributed by atoms with Gasteiger partial charge in [-0.3, -0.25) is 0 Å². The average Bonchev–Trinajstić information content (AvgIpc) is 2.30. The Balaban J connectivity index is 2.45. The van der Waals surface area contributed by atoms with Crippen LogP contribution in [0.25, 0.3) is 0 Å². The van der Waals surface area contributed by atoms with Crippen molar-refractivity contribution in [3.63, 3.8) is 0 Å². The molecule has 1 fully saturated rings. The minimum absolute atomic E-state index is 0.0133. The largest absolute Gasteiger partial charge is 0.314 e. The molecule has 1 saturated carbocycles. The van der Waals surface area contributed by atoms with Crippen molar-refractivity contribution in [2.75, 3.05) is 13.6 Å². The lowest BCUT2D eigenvalue weighted by molar-refractivity contribution is 0.323. The molecule has 0 bridgehead atoms. The van der Waals surface area contributed by atoms with Crippen molar-refractivity contribution < 1.29 is 8.42 Å². The zero-order valence-corrected chi connectivity index (χ0v) is 12.8. The van der Waals surface area contributed by atoms with Gasteiger partial charge < -0.3 is 5.32 Å². The minimum Gasteiger partial charge on any atom is -0.314 e. The molecule has 108 valence electrons. The second-order valence-corrected chi connectivity index (χ2v) is 7.10. The van der Waals surface area contributed by atoms with Gasteiger partial charge in [-0.05, 0) is 46.1 Å². The zero-order chi connectivity index (χ0) is 13.8. The van der Waals surface area contributed by atoms with Gasteiger partial charge in [0.15, 0.2) is 0 Å². The smallest absolute Gasteiger partial charge is 0.279 e. The summed E-state index contributed by atoms with van der Waals surface area (Å²) in [5.41, 5.74) is 0. The molecule has 0 radical (unpaired) electrons. The Labute approximate surface area is 112 Å². The van der Waals surface area contributed by atoms with Crippen molar-refractivity contribution in [3.05, 3.63) is 0 Å². The zero-order valence-electron chi connectivity index (χ0n) is 11.9. The summed E-state index contributed by atoms with van der Waals surface area (Å²) < 4.78 is 28.3. The fourth-order valence-electron chi connectivity index (χ4n) is 2.28. The van der Waals surface area contributed by atoms with Gasteiger partial charge in [-0.25, -0.2) is 0 Å². The molecule has 6 heteroatoms. The van der Waals surface area contributed by atoms with Crippen molar-refractivity contribution in [3.8, 4) is 0 Å². The van der Waals surface area contributed by atoms with E-state index < -0.39 is 10.2 Å². The molecule has 5 nitrogen and oxygen atoms in total. The molecule has 0 aliphatic heterocycles. The number of rotatable bonds is 6. The van der Waals surface area contributed by atoms with Gasteiger partial charge in [-0.2, -0.15) is 17.4 Å². The molecule has 2 N–H and O–H groups in total. The highest BCUT2D eigenvalue weighted by Crippen LogP contribution is 2.19. The fraction of sp³-hybridized carbons (Fsp3) is 1.00. The number of hydrogen-bond acceptors (Lipinski definition) is 3. The third kappa shape index (κ3) is 4.50. The molecule has 0 aromatic carbocycles. The van der Waals surface area contributed by atoms with Crippen molar-refractivity contribution in [1.29, 1.82) is 0 Å². The summed E-state index contributed by atoms with van der Waals surface area (Å²) in [6.07, 6.45) is 3.94. The van der Waals surface area contributed by atoms with E-state index in [4.69, 9.17) is 0 Å². The molecular formula is C12H27N3O2S. The van der Waals surface area contributed by atoms with Crippen LogP contribution in [0.1, 0.15) is 46.5 Å². The van der Waals surface area contributed by atoms with Crippen LogP contribution in [0.15, 0.2) is 0 Å². The van der Waals surface area contributed by atoms with E-state index >= 15 is 0 Å². The van der Waals surface area contributed by atoms with Crippen LogP contribution in [0.2, 0.25) is 0 Å². The van der Waals surface area contributed by atoms with Crippen LogP contribution in [0.4, 0.5) is 0 Å². The number of hydrogen-bond donors (Lipinski definition) is 2. The third-order valence-electron chi connectivity index (χ3n) is 3.64. The summed E-state index contributed by atoms with van der Waals surface area (Å²) in [7, 11) is -1.70. The SMILES string of the molecule is CCNC1CCC(NS(=O)(=O)N(C)C(C)C)CC1. The van der Waals surface area contributed by atoms with Crippen LogP contribution in [0.5, 0.6) is 0 Å². The molecule has 0 aromatic heterocycles. The maximum Gasteiger partial charge on any atom is 0.279 e. The van der Waals surface area contributed by atoms with Crippen LogP contribution in [0.3, 0.4) is 0 Å². The predicted octanol–water partition coefficient (Wildman–Crippen LogP) is 1.08. The van der Waals surface area contributed by atoms with E-state index in [-0.39, 0.29) is 12.1 Å². The lowest BCUT2D eigenvalue weighted by Crippen LogP contribution is -2.48. The summed E-state index contributed by atoms with van der Waals surface area (Å²) in [6, 6.07) is 0.630. The van der Waals surface area contributed by atoms with Crippen LogP contribution in [0, 0.1) is 0 Å². The quantitative estimate of drug-likeness (QED) is 0.764. The van der Waals surface area contributed by atoms with E-state index in [2.05, 4.69) is 17.0 Å². The summed E-state index contributed by atoms with van der Waals surface area (Å²) >= 11 is 0. The van der Waals surface area contributed by atoms with Gasteiger partial charge >= 0.3 is 0 Å². The molecule has 0 unspecified atom stereocenters. The van der Waals surface area contributed by atoms with Gasteiger partial charge in [-0.1, -0.05) is 6.92 Å². The highest BCUT2D eigenvalue weighted by atomic mass is 32.2. The van der Waals surface area contributed by atoms with Crippen LogP contribution < -0.4 is 10.0 Å². The molecule has 18 heavy (non-hydrogen) atoms. The Morgan fingerprint density at radius 2 is 1.67 bits per heavy atom. The molecule has 0 atom stereocenters. The Kier molecular flexibility index (Phi) is 6.04. The second kappa shape index (κ2) is 6.84. The Morgan fingerprint density at radius 3 is 2.11 bits per heavy atom. The lowest BCUT2D eigenvalue weighted by atomic mass is 9.92. The first-order valence-electron chi connectivity index (χ1n) is 6.85. The second-order valence-electron chi connectivity index (χ2n) is 5.34. The lowest BCUT2D eigenvalue weighted by Gasteiger charge is -2.31. The average molecular weight is 277 g/mol. The summed E-state index contributed by atoms with van der Waals surface area (Å²) in [6.45, 7) is 6.84. The summed E-state index contributed by atoms with van der Waals surface area (Å²) in [5, 5.41) is 3.42. The van der Waals surface area contributed by atoms with Crippen molar-refractivity contribution in [2.45, 2.75) is 64.6 Å². The van der Waals surface area contributed by atoms with Gasteiger partial charge in [-0.15, -0.1) is 0 Å². The van der Waals surface area contributed by atoms with E-state index in [0.29, 0.717) is 6.04 Å².